The second-order valence-electron chi connectivity index (χ2n) is 8.80. The first kappa shape index (κ1) is 27.5. The van der Waals surface area contributed by atoms with E-state index in [0.717, 1.165) is 11.3 Å². The van der Waals surface area contributed by atoms with E-state index in [-0.39, 0.29) is 18.4 Å². The maximum Gasteiger partial charge on any atom is 0.271 e. The molecule has 1 saturated heterocycles. The van der Waals surface area contributed by atoms with Crippen LogP contribution in [-0.4, -0.2) is 23.6 Å². The van der Waals surface area contributed by atoms with Gasteiger partial charge < -0.3 is 10.1 Å². The lowest BCUT2D eigenvalue weighted by molar-refractivity contribution is -0.118. The fraction of sp³-hybridized carbons (Fsp3) is 0.0645. The van der Waals surface area contributed by atoms with Gasteiger partial charge in [0.1, 0.15) is 5.75 Å². The van der Waals surface area contributed by atoms with Crippen molar-refractivity contribution in [3.8, 4) is 5.75 Å². The Morgan fingerprint density at radius 2 is 1.70 bits per heavy atom. The topological polar surface area (TPSA) is 71.0 Å². The van der Waals surface area contributed by atoms with Crippen LogP contribution in [0.25, 0.3) is 6.08 Å². The quantitative estimate of drug-likeness (QED) is 0.221. The van der Waals surface area contributed by atoms with Gasteiger partial charge in [0, 0.05) is 21.3 Å². The number of nitrogens with one attached hydrogen (secondary N) is 1. The molecule has 40 heavy (non-hydrogen) atoms. The van der Waals surface area contributed by atoms with Crippen LogP contribution in [-0.2, 0) is 9.59 Å². The van der Waals surface area contributed by atoms with Crippen LogP contribution in [0.5, 0.6) is 5.75 Å². The molecule has 0 atom stereocenters. The summed E-state index contributed by atoms with van der Waals surface area (Å²) in [7, 11) is 0. The van der Waals surface area contributed by atoms with E-state index in [4.69, 9.17) is 32.9 Å². The molecule has 0 aliphatic carbocycles. The van der Waals surface area contributed by atoms with Crippen LogP contribution >= 0.6 is 35.0 Å². The van der Waals surface area contributed by atoms with Crippen molar-refractivity contribution in [1.29, 1.82) is 0 Å². The number of amides is 2. The number of halogens is 2. The lowest BCUT2D eigenvalue weighted by atomic mass is 10.1. The Morgan fingerprint density at radius 1 is 0.975 bits per heavy atom. The average Bonchev–Trinajstić information content (AvgIpc) is 3.25. The van der Waals surface area contributed by atoms with Crippen molar-refractivity contribution >= 4 is 75.1 Å². The number of carbonyl (C=O) groups excluding carboxylic acids is 2. The van der Waals surface area contributed by atoms with Crippen LogP contribution < -0.4 is 15.0 Å². The van der Waals surface area contributed by atoms with E-state index in [1.165, 1.54) is 11.8 Å². The van der Waals surface area contributed by atoms with Crippen LogP contribution in [0, 0.1) is 6.92 Å². The predicted octanol–water partition coefficient (Wildman–Crippen LogP) is 8.13. The van der Waals surface area contributed by atoms with Gasteiger partial charge in [0.25, 0.3) is 11.8 Å². The SMILES string of the molecule is Cc1ccc(NC(=O)COc2ccc(Cl)cc2/C=C2\SC(=Nc3ccccc3)N(c3ccccc3)C2=O)cc1Cl. The van der Waals surface area contributed by atoms with E-state index < -0.39 is 0 Å². The summed E-state index contributed by atoms with van der Waals surface area (Å²) in [5.41, 5.74) is 3.48. The van der Waals surface area contributed by atoms with Gasteiger partial charge in [0.05, 0.1) is 16.3 Å². The number of benzene rings is 4. The summed E-state index contributed by atoms with van der Waals surface area (Å²) in [6.07, 6.45) is 1.70. The Bertz CT molecular complexity index is 1630. The average molecular weight is 589 g/mol. The van der Waals surface area contributed by atoms with Crippen LogP contribution in [0.2, 0.25) is 10.0 Å². The molecule has 0 radical (unpaired) electrons. The molecule has 0 spiro atoms. The maximum atomic E-state index is 13.6. The molecule has 0 aromatic heterocycles. The number of para-hydroxylation sites is 2. The minimum absolute atomic E-state index is 0.231. The molecular weight excluding hydrogens is 565 g/mol. The van der Waals surface area contributed by atoms with Crippen molar-refractivity contribution in [2.24, 2.45) is 4.99 Å². The van der Waals surface area contributed by atoms with E-state index in [0.29, 0.717) is 42.8 Å². The highest BCUT2D eigenvalue weighted by Crippen LogP contribution is 2.38. The van der Waals surface area contributed by atoms with Gasteiger partial charge in [0.15, 0.2) is 11.8 Å². The highest BCUT2D eigenvalue weighted by Gasteiger charge is 2.35. The van der Waals surface area contributed by atoms with Crippen molar-refractivity contribution in [2.75, 3.05) is 16.8 Å². The third-order valence-corrected chi connectivity index (χ3v) is 7.49. The zero-order chi connectivity index (χ0) is 28.1. The Labute approximate surface area is 246 Å². The maximum absolute atomic E-state index is 13.6. The van der Waals surface area contributed by atoms with Gasteiger partial charge in [-0.25, -0.2) is 4.99 Å². The predicted molar refractivity (Wildman–Crippen MR) is 165 cm³/mol. The number of carbonyl (C=O) groups is 2. The molecule has 1 aliphatic heterocycles. The first-order valence-electron chi connectivity index (χ1n) is 12.3. The first-order valence-corrected chi connectivity index (χ1v) is 13.9. The van der Waals surface area contributed by atoms with Crippen molar-refractivity contribution in [3.63, 3.8) is 0 Å². The summed E-state index contributed by atoms with van der Waals surface area (Å²) < 4.78 is 5.85. The number of thioether (sulfide) groups is 1. The Kier molecular flexibility index (Phi) is 8.55. The fourth-order valence-electron chi connectivity index (χ4n) is 3.88. The summed E-state index contributed by atoms with van der Waals surface area (Å²) in [5.74, 6) is -0.180. The number of aryl methyl sites for hydroxylation is 1. The molecule has 2 amide bonds. The molecule has 0 unspecified atom stereocenters. The number of anilines is 2. The van der Waals surface area contributed by atoms with Crippen molar-refractivity contribution in [2.45, 2.75) is 6.92 Å². The molecule has 1 heterocycles. The molecule has 200 valence electrons. The zero-order valence-corrected chi connectivity index (χ0v) is 23.6. The van der Waals surface area contributed by atoms with E-state index in [2.05, 4.69) is 5.32 Å². The lowest BCUT2D eigenvalue weighted by Crippen LogP contribution is -2.28. The minimum atomic E-state index is -0.354. The summed E-state index contributed by atoms with van der Waals surface area (Å²) in [4.78, 5) is 33.0. The monoisotopic (exact) mass is 587 g/mol. The van der Waals surface area contributed by atoms with Gasteiger partial charge in [-0.15, -0.1) is 0 Å². The summed E-state index contributed by atoms with van der Waals surface area (Å²) in [6, 6.07) is 29.1. The van der Waals surface area contributed by atoms with Gasteiger partial charge in [-0.1, -0.05) is 65.7 Å². The van der Waals surface area contributed by atoms with Crippen LogP contribution in [0.1, 0.15) is 11.1 Å². The molecule has 5 rings (SSSR count). The van der Waals surface area contributed by atoms with Gasteiger partial charge in [-0.2, -0.15) is 0 Å². The lowest BCUT2D eigenvalue weighted by Gasteiger charge is -2.15. The van der Waals surface area contributed by atoms with Gasteiger partial charge in [-0.3, -0.25) is 14.5 Å². The van der Waals surface area contributed by atoms with Crippen LogP contribution in [0.15, 0.2) is 107 Å². The summed E-state index contributed by atoms with van der Waals surface area (Å²) in [5, 5.41) is 4.32. The molecule has 0 saturated carbocycles. The van der Waals surface area contributed by atoms with Gasteiger partial charge in [-0.05, 0) is 84.9 Å². The third kappa shape index (κ3) is 6.57. The number of hydrogen-bond donors (Lipinski definition) is 1. The Balaban J connectivity index is 1.40. The second-order valence-corrected chi connectivity index (χ2v) is 10.7. The van der Waals surface area contributed by atoms with Crippen molar-refractivity contribution < 1.29 is 14.3 Å². The normalized spacial score (nSPS) is 15.1. The molecule has 4 aromatic carbocycles. The second kappa shape index (κ2) is 12.4. The summed E-state index contributed by atoms with van der Waals surface area (Å²) >= 11 is 13.7. The number of hydrogen-bond acceptors (Lipinski definition) is 5. The van der Waals surface area contributed by atoms with Gasteiger partial charge >= 0.3 is 0 Å². The molecule has 0 bridgehead atoms. The zero-order valence-electron chi connectivity index (χ0n) is 21.3. The van der Waals surface area contributed by atoms with Crippen molar-refractivity contribution in [1.82, 2.24) is 0 Å². The van der Waals surface area contributed by atoms with Crippen LogP contribution in [0.3, 0.4) is 0 Å². The smallest absolute Gasteiger partial charge is 0.271 e. The summed E-state index contributed by atoms with van der Waals surface area (Å²) in [6.45, 7) is 1.64. The standard InChI is InChI=1S/C31H23Cl2N3O3S/c1-20-12-14-24(18-26(20)33)34-29(37)19-39-27-15-13-22(32)16-21(27)17-28-30(38)36(25-10-6-3-7-11-25)31(40-28)35-23-8-4-2-5-9-23/h2-18H,19H2,1H3,(H,34,37)/b28-17-,35-31?. The third-order valence-electron chi connectivity index (χ3n) is 5.87. The molecule has 9 heteroatoms. The molecule has 1 aliphatic rings. The molecule has 1 fully saturated rings. The number of aliphatic imine (C=N–C) groups is 1. The van der Waals surface area contributed by atoms with Crippen LogP contribution in [0.4, 0.5) is 17.1 Å². The fourth-order valence-corrected chi connectivity index (χ4v) is 5.24. The minimum Gasteiger partial charge on any atom is -0.483 e. The number of nitrogens with zero attached hydrogens (tertiary/aromatic N) is 2. The van der Waals surface area contributed by atoms with E-state index in [1.807, 2.05) is 73.7 Å². The van der Waals surface area contributed by atoms with Crippen molar-refractivity contribution in [3.05, 3.63) is 123 Å². The van der Waals surface area contributed by atoms with E-state index in [9.17, 15) is 9.59 Å². The highest BCUT2D eigenvalue weighted by molar-refractivity contribution is 8.19. The van der Waals surface area contributed by atoms with E-state index in [1.54, 1.807) is 41.3 Å². The van der Waals surface area contributed by atoms with Gasteiger partial charge in [0.2, 0.25) is 0 Å². The highest BCUT2D eigenvalue weighted by atomic mass is 35.5. The molecule has 6 nitrogen and oxygen atoms in total. The Hall–Kier alpha value is -4.04. The molecule has 1 N–H and O–H groups in total. The molecule has 4 aromatic rings. The first-order chi connectivity index (χ1) is 19.4. The Morgan fingerprint density at radius 3 is 2.42 bits per heavy atom. The molecular formula is C31H23Cl2N3O3S. The number of amidine groups is 1. The number of rotatable bonds is 7. The van der Waals surface area contributed by atoms with E-state index >= 15 is 0 Å². The largest absolute Gasteiger partial charge is 0.483 e. The number of ether oxygens (including phenoxy) is 1.